The van der Waals surface area contributed by atoms with Gasteiger partial charge in [-0.15, -0.1) is 11.6 Å². The van der Waals surface area contributed by atoms with Crippen molar-refractivity contribution < 1.29 is 9.53 Å². The van der Waals surface area contributed by atoms with E-state index in [4.69, 9.17) is 16.3 Å². The molecule has 0 saturated heterocycles. The third-order valence-corrected chi connectivity index (χ3v) is 3.34. The molecule has 1 aliphatic carbocycles. The van der Waals surface area contributed by atoms with Crippen LogP contribution in [0.15, 0.2) is 0 Å². The van der Waals surface area contributed by atoms with Gasteiger partial charge in [-0.05, 0) is 40.0 Å². The lowest BCUT2D eigenvalue weighted by molar-refractivity contribution is 0.0421. The Hall–Kier alpha value is -0.440. The molecule has 100 valence electrons. The minimum atomic E-state index is -0.444. The minimum Gasteiger partial charge on any atom is -0.444 e. The standard InChI is InChI=1S/C13H24ClNO2/c1-12(2,3)17-11(16)15-13(9-10-14)7-5-4-6-8-13/h4-10H2,1-3H3,(H,15,16). The van der Waals surface area contributed by atoms with Gasteiger partial charge >= 0.3 is 6.09 Å². The van der Waals surface area contributed by atoms with Gasteiger partial charge in [0, 0.05) is 11.4 Å². The number of alkyl carbamates (subject to hydrolysis) is 1. The zero-order valence-corrected chi connectivity index (χ0v) is 11.9. The van der Waals surface area contributed by atoms with Crippen LogP contribution in [0.3, 0.4) is 0 Å². The number of amides is 1. The van der Waals surface area contributed by atoms with Gasteiger partial charge in [0.1, 0.15) is 5.60 Å². The van der Waals surface area contributed by atoms with E-state index in [0.29, 0.717) is 5.88 Å². The lowest BCUT2D eigenvalue weighted by Gasteiger charge is -2.38. The van der Waals surface area contributed by atoms with Gasteiger partial charge < -0.3 is 10.1 Å². The maximum atomic E-state index is 11.8. The zero-order valence-electron chi connectivity index (χ0n) is 11.1. The number of alkyl halides is 1. The predicted octanol–water partition coefficient (Wildman–Crippen LogP) is 3.84. The number of hydrogen-bond donors (Lipinski definition) is 1. The predicted molar refractivity (Wildman–Crippen MR) is 70.5 cm³/mol. The maximum absolute atomic E-state index is 11.8. The molecule has 1 saturated carbocycles. The Morgan fingerprint density at radius 2 is 1.88 bits per heavy atom. The summed E-state index contributed by atoms with van der Waals surface area (Å²) in [4.78, 5) is 11.8. The van der Waals surface area contributed by atoms with Gasteiger partial charge in [0.05, 0.1) is 0 Å². The van der Waals surface area contributed by atoms with E-state index < -0.39 is 5.60 Å². The quantitative estimate of drug-likeness (QED) is 0.784. The third kappa shape index (κ3) is 5.15. The molecule has 1 aliphatic rings. The Morgan fingerprint density at radius 1 is 1.29 bits per heavy atom. The Bertz CT molecular complexity index is 249. The summed E-state index contributed by atoms with van der Waals surface area (Å²) in [6, 6.07) is 0. The van der Waals surface area contributed by atoms with Gasteiger partial charge in [-0.2, -0.15) is 0 Å². The van der Waals surface area contributed by atoms with Crippen molar-refractivity contribution in [1.82, 2.24) is 5.32 Å². The van der Waals surface area contributed by atoms with Crippen molar-refractivity contribution in [3.63, 3.8) is 0 Å². The van der Waals surface area contributed by atoms with Gasteiger partial charge in [0.2, 0.25) is 0 Å². The molecule has 0 aromatic carbocycles. The first-order valence-corrected chi connectivity index (χ1v) is 6.97. The average Bonchev–Trinajstić information content (AvgIpc) is 2.15. The van der Waals surface area contributed by atoms with Crippen LogP contribution >= 0.6 is 11.6 Å². The molecule has 1 rings (SSSR count). The average molecular weight is 262 g/mol. The van der Waals surface area contributed by atoms with Crippen LogP contribution in [0.1, 0.15) is 59.3 Å². The van der Waals surface area contributed by atoms with Crippen LogP contribution in [-0.2, 0) is 4.74 Å². The summed E-state index contributed by atoms with van der Waals surface area (Å²) in [5.74, 6) is 0.579. The van der Waals surface area contributed by atoms with Crippen molar-refractivity contribution in [1.29, 1.82) is 0 Å². The number of carbonyl (C=O) groups is 1. The van der Waals surface area contributed by atoms with Crippen molar-refractivity contribution in [2.24, 2.45) is 0 Å². The minimum absolute atomic E-state index is 0.137. The number of carbonyl (C=O) groups excluding carboxylic acids is 1. The second-order valence-electron chi connectivity index (χ2n) is 5.91. The summed E-state index contributed by atoms with van der Waals surface area (Å²) in [6.45, 7) is 5.63. The lowest BCUT2D eigenvalue weighted by Crippen LogP contribution is -2.51. The molecule has 0 aromatic rings. The Kier molecular flexibility index (Phi) is 5.11. The fourth-order valence-electron chi connectivity index (χ4n) is 2.37. The van der Waals surface area contributed by atoms with E-state index >= 15 is 0 Å². The summed E-state index contributed by atoms with van der Waals surface area (Å²) in [7, 11) is 0. The highest BCUT2D eigenvalue weighted by Gasteiger charge is 2.34. The molecule has 4 heteroatoms. The van der Waals surface area contributed by atoms with E-state index in [1.807, 2.05) is 20.8 Å². The van der Waals surface area contributed by atoms with Crippen molar-refractivity contribution >= 4 is 17.7 Å². The van der Waals surface area contributed by atoms with E-state index in [0.717, 1.165) is 32.1 Å². The van der Waals surface area contributed by atoms with E-state index in [9.17, 15) is 4.79 Å². The first kappa shape index (κ1) is 14.6. The van der Waals surface area contributed by atoms with Crippen LogP contribution in [0.5, 0.6) is 0 Å². The fraction of sp³-hybridized carbons (Fsp3) is 0.923. The van der Waals surface area contributed by atoms with Gasteiger partial charge in [-0.3, -0.25) is 0 Å². The Balaban J connectivity index is 2.57. The van der Waals surface area contributed by atoms with Gasteiger partial charge in [0.25, 0.3) is 0 Å². The summed E-state index contributed by atoms with van der Waals surface area (Å²) >= 11 is 5.85. The van der Waals surface area contributed by atoms with Crippen LogP contribution in [0, 0.1) is 0 Å². The normalized spacial score (nSPS) is 19.8. The SMILES string of the molecule is CC(C)(C)OC(=O)NC1(CCCl)CCCCC1. The van der Waals surface area contributed by atoms with Crippen LogP contribution in [0.4, 0.5) is 4.79 Å². The summed E-state index contributed by atoms with van der Waals surface area (Å²) in [6.07, 6.45) is 6.11. The molecule has 0 radical (unpaired) electrons. The fourth-order valence-corrected chi connectivity index (χ4v) is 2.73. The van der Waals surface area contributed by atoms with Crippen LogP contribution in [0.2, 0.25) is 0 Å². The number of nitrogens with one attached hydrogen (secondary N) is 1. The highest BCUT2D eigenvalue weighted by molar-refractivity contribution is 6.17. The van der Waals surface area contributed by atoms with Crippen molar-refractivity contribution in [2.45, 2.75) is 70.4 Å². The number of halogens is 1. The van der Waals surface area contributed by atoms with E-state index in [-0.39, 0.29) is 11.6 Å². The molecule has 0 aromatic heterocycles. The third-order valence-electron chi connectivity index (χ3n) is 3.15. The highest BCUT2D eigenvalue weighted by Crippen LogP contribution is 2.31. The van der Waals surface area contributed by atoms with E-state index in [1.54, 1.807) is 0 Å². The molecule has 0 spiro atoms. The number of hydrogen-bond acceptors (Lipinski definition) is 2. The Morgan fingerprint density at radius 3 is 2.35 bits per heavy atom. The molecule has 1 fully saturated rings. The number of ether oxygens (including phenoxy) is 1. The maximum Gasteiger partial charge on any atom is 0.408 e. The van der Waals surface area contributed by atoms with Crippen molar-refractivity contribution in [3.05, 3.63) is 0 Å². The summed E-state index contributed by atoms with van der Waals surface area (Å²) in [5.41, 5.74) is -0.580. The molecular formula is C13H24ClNO2. The van der Waals surface area contributed by atoms with Gasteiger partial charge in [0.15, 0.2) is 0 Å². The largest absolute Gasteiger partial charge is 0.444 e. The van der Waals surface area contributed by atoms with Gasteiger partial charge in [-0.25, -0.2) is 4.79 Å². The molecule has 3 nitrogen and oxygen atoms in total. The molecule has 17 heavy (non-hydrogen) atoms. The molecule has 0 bridgehead atoms. The van der Waals surface area contributed by atoms with E-state index in [2.05, 4.69) is 5.32 Å². The topological polar surface area (TPSA) is 38.3 Å². The molecule has 1 amide bonds. The lowest BCUT2D eigenvalue weighted by atomic mass is 9.80. The van der Waals surface area contributed by atoms with Gasteiger partial charge in [-0.1, -0.05) is 19.3 Å². The first-order valence-electron chi connectivity index (χ1n) is 6.44. The number of rotatable bonds is 3. The molecule has 0 aliphatic heterocycles. The van der Waals surface area contributed by atoms with Crippen LogP contribution in [-0.4, -0.2) is 23.1 Å². The van der Waals surface area contributed by atoms with Crippen molar-refractivity contribution in [2.75, 3.05) is 5.88 Å². The molecule has 0 unspecified atom stereocenters. The summed E-state index contributed by atoms with van der Waals surface area (Å²) < 4.78 is 5.32. The second-order valence-corrected chi connectivity index (χ2v) is 6.28. The zero-order chi connectivity index (χ0) is 12.9. The second kappa shape index (κ2) is 5.94. The molecular weight excluding hydrogens is 238 g/mol. The van der Waals surface area contributed by atoms with Crippen LogP contribution < -0.4 is 5.32 Å². The van der Waals surface area contributed by atoms with Crippen LogP contribution in [0.25, 0.3) is 0 Å². The molecule has 0 heterocycles. The van der Waals surface area contributed by atoms with E-state index in [1.165, 1.54) is 6.42 Å². The highest BCUT2D eigenvalue weighted by atomic mass is 35.5. The summed E-state index contributed by atoms with van der Waals surface area (Å²) in [5, 5.41) is 3.04. The van der Waals surface area contributed by atoms with Crippen molar-refractivity contribution in [3.8, 4) is 0 Å². The Labute approximate surface area is 109 Å². The first-order chi connectivity index (χ1) is 7.87. The monoisotopic (exact) mass is 261 g/mol. The smallest absolute Gasteiger partial charge is 0.408 e. The molecule has 0 atom stereocenters. The molecule has 1 N–H and O–H groups in total.